The number of amides is 1. The fourth-order valence-corrected chi connectivity index (χ4v) is 3.47. The topological polar surface area (TPSA) is 93.9 Å². The van der Waals surface area contributed by atoms with Gasteiger partial charge >= 0.3 is 0 Å². The smallest absolute Gasteiger partial charge is 0.274 e. The fourth-order valence-electron chi connectivity index (χ4n) is 3.47. The number of aromatic nitrogens is 3. The molecule has 4 rings (SSSR count). The Labute approximate surface area is 184 Å². The van der Waals surface area contributed by atoms with Gasteiger partial charge in [-0.15, -0.1) is 0 Å². The van der Waals surface area contributed by atoms with Gasteiger partial charge in [0.15, 0.2) is 5.78 Å². The van der Waals surface area contributed by atoms with E-state index in [-0.39, 0.29) is 43.2 Å². The molecule has 32 heavy (non-hydrogen) atoms. The number of carbonyl (C=O) groups is 2. The lowest BCUT2D eigenvalue weighted by Crippen LogP contribution is -2.29. The SMILES string of the molecule is O=C(CCC(=O)c1ccccc1)NCc1nn(Cc2cccnc2)c(=O)c2ccccc12. The number of Topliss-reactive ketones (excluding diaryl/α,β-unsaturated/α-hetero) is 1. The summed E-state index contributed by atoms with van der Waals surface area (Å²) in [4.78, 5) is 41.6. The lowest BCUT2D eigenvalue weighted by atomic mass is 10.1. The summed E-state index contributed by atoms with van der Waals surface area (Å²) in [6.07, 6.45) is 3.57. The van der Waals surface area contributed by atoms with Gasteiger partial charge in [-0.2, -0.15) is 5.10 Å². The van der Waals surface area contributed by atoms with Crippen molar-refractivity contribution in [2.24, 2.45) is 0 Å². The largest absolute Gasteiger partial charge is 0.350 e. The van der Waals surface area contributed by atoms with Gasteiger partial charge in [0.1, 0.15) is 0 Å². The molecule has 7 heteroatoms. The zero-order valence-corrected chi connectivity index (χ0v) is 17.4. The lowest BCUT2D eigenvalue weighted by molar-refractivity contribution is -0.121. The van der Waals surface area contributed by atoms with Crippen LogP contribution in [0.4, 0.5) is 0 Å². The van der Waals surface area contributed by atoms with Crippen molar-refractivity contribution in [1.29, 1.82) is 0 Å². The van der Waals surface area contributed by atoms with Crippen molar-refractivity contribution in [3.8, 4) is 0 Å². The van der Waals surface area contributed by atoms with Crippen molar-refractivity contribution in [3.63, 3.8) is 0 Å². The number of benzene rings is 2. The van der Waals surface area contributed by atoms with E-state index in [2.05, 4.69) is 15.4 Å². The maximum atomic E-state index is 12.9. The van der Waals surface area contributed by atoms with Crippen molar-refractivity contribution in [2.75, 3.05) is 0 Å². The Morgan fingerprint density at radius 3 is 2.38 bits per heavy atom. The van der Waals surface area contributed by atoms with Crippen LogP contribution in [-0.4, -0.2) is 26.5 Å². The molecule has 0 bridgehead atoms. The van der Waals surface area contributed by atoms with E-state index in [0.717, 1.165) is 5.56 Å². The second kappa shape index (κ2) is 9.78. The van der Waals surface area contributed by atoms with Gasteiger partial charge in [-0.1, -0.05) is 54.6 Å². The molecule has 0 aliphatic heterocycles. The first-order valence-electron chi connectivity index (χ1n) is 10.3. The number of ketones is 1. The second-order valence-corrected chi connectivity index (χ2v) is 7.38. The first-order chi connectivity index (χ1) is 15.6. The number of fused-ring (bicyclic) bond motifs is 1. The summed E-state index contributed by atoms with van der Waals surface area (Å²) < 4.78 is 1.39. The van der Waals surface area contributed by atoms with Crippen molar-refractivity contribution in [2.45, 2.75) is 25.9 Å². The van der Waals surface area contributed by atoms with Gasteiger partial charge in [0.2, 0.25) is 5.91 Å². The van der Waals surface area contributed by atoms with Crippen LogP contribution >= 0.6 is 0 Å². The Hall–Kier alpha value is -4.13. The average molecular weight is 426 g/mol. The molecule has 0 aliphatic rings. The highest BCUT2D eigenvalue weighted by Gasteiger charge is 2.13. The van der Waals surface area contributed by atoms with Gasteiger partial charge in [-0.05, 0) is 17.7 Å². The van der Waals surface area contributed by atoms with Gasteiger partial charge in [0.25, 0.3) is 5.56 Å². The van der Waals surface area contributed by atoms with Crippen LogP contribution in [-0.2, 0) is 17.9 Å². The minimum Gasteiger partial charge on any atom is -0.350 e. The molecule has 0 atom stereocenters. The Morgan fingerprint density at radius 1 is 0.875 bits per heavy atom. The van der Waals surface area contributed by atoms with E-state index in [1.807, 2.05) is 24.3 Å². The monoisotopic (exact) mass is 426 g/mol. The third-order valence-corrected chi connectivity index (χ3v) is 5.13. The highest BCUT2D eigenvalue weighted by atomic mass is 16.2. The maximum Gasteiger partial charge on any atom is 0.274 e. The van der Waals surface area contributed by atoms with Crippen LogP contribution < -0.4 is 10.9 Å². The van der Waals surface area contributed by atoms with Gasteiger partial charge < -0.3 is 5.32 Å². The normalized spacial score (nSPS) is 10.8. The minimum absolute atomic E-state index is 0.0747. The molecule has 160 valence electrons. The van der Waals surface area contributed by atoms with Crippen molar-refractivity contribution < 1.29 is 9.59 Å². The van der Waals surface area contributed by atoms with Crippen LogP contribution in [0.1, 0.15) is 34.5 Å². The van der Waals surface area contributed by atoms with Crippen LogP contribution in [0.2, 0.25) is 0 Å². The van der Waals surface area contributed by atoms with Crippen molar-refractivity contribution in [3.05, 3.63) is 106 Å². The highest BCUT2D eigenvalue weighted by Crippen LogP contribution is 2.14. The number of hydrogen-bond donors (Lipinski definition) is 1. The van der Waals surface area contributed by atoms with Crippen LogP contribution in [0.3, 0.4) is 0 Å². The molecule has 0 saturated heterocycles. The molecule has 1 amide bonds. The molecule has 7 nitrogen and oxygen atoms in total. The summed E-state index contributed by atoms with van der Waals surface area (Å²) in [5.41, 5.74) is 1.84. The van der Waals surface area contributed by atoms with Gasteiger partial charge in [0.05, 0.1) is 24.2 Å². The zero-order chi connectivity index (χ0) is 22.3. The Bertz CT molecular complexity index is 1300. The summed E-state index contributed by atoms with van der Waals surface area (Å²) in [5.74, 6) is -0.320. The molecular formula is C25H22N4O3. The predicted octanol–water partition coefficient (Wildman–Crippen LogP) is 3.12. The van der Waals surface area contributed by atoms with Gasteiger partial charge in [-0.3, -0.25) is 19.4 Å². The van der Waals surface area contributed by atoms with Crippen LogP contribution in [0.25, 0.3) is 10.8 Å². The summed E-state index contributed by atoms with van der Waals surface area (Å²) in [6, 6.07) is 19.8. The van der Waals surface area contributed by atoms with Crippen LogP contribution in [0.15, 0.2) is 83.9 Å². The molecule has 0 radical (unpaired) electrons. The summed E-state index contributed by atoms with van der Waals surface area (Å²) in [5, 5.41) is 8.56. The number of nitrogens with one attached hydrogen (secondary N) is 1. The third-order valence-electron chi connectivity index (χ3n) is 5.13. The molecule has 2 heterocycles. The lowest BCUT2D eigenvalue weighted by Gasteiger charge is -2.12. The number of pyridine rings is 1. The molecule has 1 N–H and O–H groups in total. The first kappa shape index (κ1) is 21.1. The number of hydrogen-bond acceptors (Lipinski definition) is 5. The van der Waals surface area contributed by atoms with Crippen LogP contribution in [0, 0.1) is 0 Å². The van der Waals surface area contributed by atoms with E-state index in [0.29, 0.717) is 22.0 Å². The van der Waals surface area contributed by atoms with E-state index in [4.69, 9.17) is 0 Å². The standard InChI is InChI=1S/C25H22N4O3/c30-23(19-8-2-1-3-9-19)12-13-24(31)27-16-22-20-10-4-5-11-21(20)25(32)29(28-22)17-18-7-6-14-26-15-18/h1-11,14-15H,12-13,16-17H2,(H,27,31). The summed E-state index contributed by atoms with van der Waals surface area (Å²) >= 11 is 0. The molecule has 0 unspecified atom stereocenters. The quantitative estimate of drug-likeness (QED) is 0.437. The Kier molecular flexibility index (Phi) is 6.46. The fraction of sp³-hybridized carbons (Fsp3) is 0.160. The van der Waals surface area contributed by atoms with Crippen molar-refractivity contribution in [1.82, 2.24) is 20.1 Å². The average Bonchev–Trinajstić information content (AvgIpc) is 2.84. The minimum atomic E-state index is -0.245. The Morgan fingerprint density at radius 2 is 1.62 bits per heavy atom. The first-order valence-corrected chi connectivity index (χ1v) is 10.3. The predicted molar refractivity (Wildman–Crippen MR) is 121 cm³/mol. The van der Waals surface area contributed by atoms with Crippen molar-refractivity contribution >= 4 is 22.5 Å². The van der Waals surface area contributed by atoms with E-state index in [1.165, 1.54) is 4.68 Å². The highest BCUT2D eigenvalue weighted by molar-refractivity contribution is 5.97. The molecule has 0 spiro atoms. The Balaban J connectivity index is 1.48. The number of carbonyl (C=O) groups excluding carboxylic acids is 2. The molecular weight excluding hydrogens is 404 g/mol. The third kappa shape index (κ3) is 4.95. The number of nitrogens with zero attached hydrogens (tertiary/aromatic N) is 3. The molecule has 2 aromatic heterocycles. The van der Waals surface area contributed by atoms with E-state index >= 15 is 0 Å². The van der Waals surface area contributed by atoms with Crippen LogP contribution in [0.5, 0.6) is 0 Å². The molecule has 0 aliphatic carbocycles. The molecule has 4 aromatic rings. The van der Waals surface area contributed by atoms with E-state index in [9.17, 15) is 14.4 Å². The molecule has 0 saturated carbocycles. The molecule has 2 aromatic carbocycles. The van der Waals surface area contributed by atoms with E-state index in [1.54, 1.807) is 54.9 Å². The van der Waals surface area contributed by atoms with E-state index < -0.39 is 0 Å². The molecule has 0 fully saturated rings. The van der Waals surface area contributed by atoms with Gasteiger partial charge in [0, 0.05) is 36.2 Å². The maximum absolute atomic E-state index is 12.9. The zero-order valence-electron chi connectivity index (χ0n) is 17.4. The number of rotatable bonds is 8. The summed E-state index contributed by atoms with van der Waals surface area (Å²) in [6.45, 7) is 0.441. The second-order valence-electron chi connectivity index (χ2n) is 7.38. The summed E-state index contributed by atoms with van der Waals surface area (Å²) in [7, 11) is 0. The van der Waals surface area contributed by atoms with Gasteiger partial charge in [-0.25, -0.2) is 4.68 Å².